The average Bonchev–Trinajstić information content (AvgIpc) is 2.20. The van der Waals surface area contributed by atoms with Crippen LogP contribution in [0, 0.1) is 11.5 Å². The maximum absolute atomic E-state index is 8.39. The summed E-state index contributed by atoms with van der Waals surface area (Å²) in [6.45, 7) is 0. The molecular weight excluding hydrogens is 200 g/mol. The number of aliphatic imine (C=N–C) groups is 1. The monoisotopic (exact) mass is 208 g/mol. The van der Waals surface area contributed by atoms with Crippen molar-refractivity contribution in [3.63, 3.8) is 0 Å². The van der Waals surface area contributed by atoms with Gasteiger partial charge in [0.1, 0.15) is 0 Å². The van der Waals surface area contributed by atoms with Crippen molar-refractivity contribution >= 4 is 23.2 Å². The van der Waals surface area contributed by atoms with Gasteiger partial charge in [-0.2, -0.15) is 5.26 Å². The number of hydrogen-bond acceptors (Lipinski definition) is 2. The SMILES string of the molecule is CN=C(NC#N)Nc1ccc(Cl)cc1. The number of anilines is 1. The second-order valence-corrected chi connectivity index (χ2v) is 2.88. The van der Waals surface area contributed by atoms with Gasteiger partial charge in [0.05, 0.1) is 0 Å². The van der Waals surface area contributed by atoms with E-state index in [1.807, 2.05) is 0 Å². The number of nitriles is 1. The van der Waals surface area contributed by atoms with Crippen LogP contribution in [0.15, 0.2) is 29.3 Å². The maximum Gasteiger partial charge on any atom is 0.208 e. The molecule has 0 aliphatic rings. The van der Waals surface area contributed by atoms with Crippen LogP contribution in [-0.4, -0.2) is 13.0 Å². The molecule has 0 saturated carbocycles. The lowest BCUT2D eigenvalue weighted by Gasteiger charge is -2.06. The summed E-state index contributed by atoms with van der Waals surface area (Å²) in [4.78, 5) is 3.83. The highest BCUT2D eigenvalue weighted by Crippen LogP contribution is 2.12. The van der Waals surface area contributed by atoms with Crippen LogP contribution >= 0.6 is 11.6 Å². The zero-order valence-electron chi connectivity index (χ0n) is 7.58. The van der Waals surface area contributed by atoms with Gasteiger partial charge in [0.25, 0.3) is 0 Å². The van der Waals surface area contributed by atoms with Gasteiger partial charge in [-0.05, 0) is 24.3 Å². The van der Waals surface area contributed by atoms with Gasteiger partial charge >= 0.3 is 0 Å². The van der Waals surface area contributed by atoms with Crippen LogP contribution in [0.3, 0.4) is 0 Å². The summed E-state index contributed by atoms with van der Waals surface area (Å²) in [6, 6.07) is 7.10. The molecule has 1 aromatic rings. The number of rotatable bonds is 1. The Labute approximate surface area is 87.2 Å². The zero-order valence-corrected chi connectivity index (χ0v) is 8.34. The molecular formula is C9H9ClN4. The lowest BCUT2D eigenvalue weighted by Crippen LogP contribution is -2.26. The van der Waals surface area contributed by atoms with E-state index in [2.05, 4.69) is 15.6 Å². The Balaban J connectivity index is 2.69. The summed E-state index contributed by atoms with van der Waals surface area (Å²) < 4.78 is 0. The van der Waals surface area contributed by atoms with E-state index in [9.17, 15) is 0 Å². The van der Waals surface area contributed by atoms with E-state index in [0.717, 1.165) is 5.69 Å². The van der Waals surface area contributed by atoms with E-state index < -0.39 is 0 Å². The van der Waals surface area contributed by atoms with Crippen LogP contribution in [0.25, 0.3) is 0 Å². The topological polar surface area (TPSA) is 60.2 Å². The van der Waals surface area contributed by atoms with Crippen LogP contribution in [0.4, 0.5) is 5.69 Å². The molecule has 0 aliphatic carbocycles. The summed E-state index contributed by atoms with van der Waals surface area (Å²) in [5.41, 5.74) is 0.817. The van der Waals surface area contributed by atoms with Gasteiger partial charge in [0.15, 0.2) is 6.19 Å². The number of nitrogens with zero attached hydrogens (tertiary/aromatic N) is 2. The third kappa shape index (κ3) is 2.96. The fourth-order valence-corrected chi connectivity index (χ4v) is 0.992. The molecule has 0 radical (unpaired) electrons. The van der Waals surface area contributed by atoms with Gasteiger partial charge in [-0.3, -0.25) is 10.3 Å². The summed E-state index contributed by atoms with van der Waals surface area (Å²) in [5, 5.41) is 14.4. The quantitative estimate of drug-likeness (QED) is 0.320. The molecule has 0 saturated heterocycles. The highest BCUT2D eigenvalue weighted by atomic mass is 35.5. The molecule has 0 unspecified atom stereocenters. The molecule has 0 aromatic heterocycles. The molecule has 0 spiro atoms. The molecule has 14 heavy (non-hydrogen) atoms. The second-order valence-electron chi connectivity index (χ2n) is 2.44. The molecule has 5 heteroatoms. The van der Waals surface area contributed by atoms with E-state index in [-0.39, 0.29) is 0 Å². The summed E-state index contributed by atoms with van der Waals surface area (Å²) in [7, 11) is 1.59. The van der Waals surface area contributed by atoms with E-state index in [1.165, 1.54) is 0 Å². The Morgan fingerprint density at radius 1 is 1.43 bits per heavy atom. The Kier molecular flexibility index (Phi) is 3.77. The van der Waals surface area contributed by atoms with Gasteiger partial charge in [-0.1, -0.05) is 11.6 Å². The van der Waals surface area contributed by atoms with Crippen molar-refractivity contribution in [2.75, 3.05) is 12.4 Å². The van der Waals surface area contributed by atoms with E-state index in [4.69, 9.17) is 16.9 Å². The first-order valence-electron chi connectivity index (χ1n) is 3.90. The number of benzene rings is 1. The minimum Gasteiger partial charge on any atom is -0.326 e. The third-order valence-electron chi connectivity index (χ3n) is 1.50. The summed E-state index contributed by atoms with van der Waals surface area (Å²) >= 11 is 5.72. The molecule has 0 heterocycles. The Hall–Kier alpha value is -1.73. The molecule has 72 valence electrons. The smallest absolute Gasteiger partial charge is 0.208 e. The lowest BCUT2D eigenvalue weighted by atomic mass is 10.3. The van der Waals surface area contributed by atoms with Crippen molar-refractivity contribution in [3.05, 3.63) is 29.3 Å². The highest BCUT2D eigenvalue weighted by molar-refractivity contribution is 6.30. The van der Waals surface area contributed by atoms with Gasteiger partial charge in [0, 0.05) is 17.8 Å². The number of nitrogens with one attached hydrogen (secondary N) is 2. The number of hydrogen-bond donors (Lipinski definition) is 2. The van der Waals surface area contributed by atoms with Crippen LogP contribution in [0.2, 0.25) is 5.02 Å². The van der Waals surface area contributed by atoms with E-state index in [0.29, 0.717) is 11.0 Å². The molecule has 0 atom stereocenters. The number of guanidine groups is 1. The van der Waals surface area contributed by atoms with Gasteiger partial charge in [-0.25, -0.2) is 0 Å². The molecule has 4 nitrogen and oxygen atoms in total. The van der Waals surface area contributed by atoms with Crippen LogP contribution in [0.5, 0.6) is 0 Å². The minimum absolute atomic E-state index is 0.398. The van der Waals surface area contributed by atoms with Crippen molar-refractivity contribution in [1.82, 2.24) is 5.32 Å². The van der Waals surface area contributed by atoms with Crippen molar-refractivity contribution < 1.29 is 0 Å². The average molecular weight is 209 g/mol. The van der Waals surface area contributed by atoms with Gasteiger partial charge in [-0.15, -0.1) is 0 Å². The Bertz CT molecular complexity index is 363. The maximum atomic E-state index is 8.39. The van der Waals surface area contributed by atoms with Crippen molar-refractivity contribution in [3.8, 4) is 6.19 Å². The van der Waals surface area contributed by atoms with Gasteiger partial charge < -0.3 is 5.32 Å². The number of halogens is 1. The van der Waals surface area contributed by atoms with Gasteiger partial charge in [0.2, 0.25) is 5.96 Å². The fourth-order valence-electron chi connectivity index (χ4n) is 0.866. The lowest BCUT2D eigenvalue weighted by molar-refractivity contribution is 1.21. The molecule has 0 amide bonds. The van der Waals surface area contributed by atoms with Crippen LogP contribution in [-0.2, 0) is 0 Å². The second kappa shape index (κ2) is 5.10. The predicted octanol–water partition coefficient (Wildman–Crippen LogP) is 1.81. The minimum atomic E-state index is 0.398. The first kappa shape index (κ1) is 10.4. The third-order valence-corrected chi connectivity index (χ3v) is 1.76. The van der Waals surface area contributed by atoms with Crippen molar-refractivity contribution in [2.45, 2.75) is 0 Å². The fraction of sp³-hybridized carbons (Fsp3) is 0.111. The molecule has 0 aliphatic heterocycles. The summed E-state index contributed by atoms with van der Waals surface area (Å²) in [5.74, 6) is 0.398. The normalized spacial score (nSPS) is 10.5. The first-order valence-corrected chi connectivity index (χ1v) is 4.28. The molecule has 0 fully saturated rings. The van der Waals surface area contributed by atoms with E-state index in [1.54, 1.807) is 37.5 Å². The zero-order chi connectivity index (χ0) is 10.4. The Morgan fingerprint density at radius 3 is 2.57 bits per heavy atom. The molecule has 2 N–H and O–H groups in total. The highest BCUT2D eigenvalue weighted by Gasteiger charge is 1.96. The molecule has 1 aromatic carbocycles. The molecule has 0 bridgehead atoms. The van der Waals surface area contributed by atoms with Crippen LogP contribution < -0.4 is 10.6 Å². The predicted molar refractivity (Wildman–Crippen MR) is 57.2 cm³/mol. The van der Waals surface area contributed by atoms with Crippen molar-refractivity contribution in [2.24, 2.45) is 4.99 Å². The largest absolute Gasteiger partial charge is 0.326 e. The van der Waals surface area contributed by atoms with Crippen molar-refractivity contribution in [1.29, 1.82) is 5.26 Å². The van der Waals surface area contributed by atoms with E-state index >= 15 is 0 Å². The Morgan fingerprint density at radius 2 is 2.07 bits per heavy atom. The summed E-state index contributed by atoms with van der Waals surface area (Å²) in [6.07, 6.45) is 1.78. The first-order chi connectivity index (χ1) is 6.76. The standard InChI is InChI=1S/C9H9ClN4/c1-12-9(13-6-11)14-8-4-2-7(10)3-5-8/h2-5H,1H3,(H2,12,13,14). The molecule has 1 rings (SSSR count). The van der Waals surface area contributed by atoms with Crippen LogP contribution in [0.1, 0.15) is 0 Å².